The fourth-order valence-electron chi connectivity index (χ4n) is 2.28. The lowest BCUT2D eigenvalue weighted by molar-refractivity contribution is 0.0997. The maximum Gasteiger partial charge on any atom is 0.316 e. The number of primary amides is 1. The lowest BCUT2D eigenvalue weighted by Crippen LogP contribution is -2.19. The van der Waals surface area contributed by atoms with Crippen LogP contribution in [0.5, 0.6) is 0 Å². The number of halogens is 1. The topological polar surface area (TPSA) is 97.4 Å². The average Bonchev–Trinajstić information content (AvgIpc) is 3.05. The van der Waals surface area contributed by atoms with Gasteiger partial charge in [0.1, 0.15) is 11.6 Å². The first kappa shape index (κ1) is 16.3. The lowest BCUT2D eigenvalue weighted by atomic mass is 10.1. The number of carbonyl (C=O) groups excluding carboxylic acids is 2. The van der Waals surface area contributed by atoms with E-state index in [1.54, 1.807) is 42.5 Å². The van der Waals surface area contributed by atoms with Gasteiger partial charge in [0.15, 0.2) is 5.76 Å². The Kier molecular flexibility index (Phi) is 4.47. The van der Waals surface area contributed by atoms with Gasteiger partial charge in [-0.2, -0.15) is 0 Å². The molecule has 0 bridgehead atoms. The Hall–Kier alpha value is -3.61. The molecule has 3 amide bonds. The van der Waals surface area contributed by atoms with Crippen LogP contribution in [0.1, 0.15) is 10.6 Å². The van der Waals surface area contributed by atoms with E-state index in [9.17, 15) is 14.0 Å². The van der Waals surface area contributed by atoms with Gasteiger partial charge in [-0.3, -0.25) is 4.79 Å². The first-order valence-electron chi connectivity index (χ1n) is 7.35. The summed E-state index contributed by atoms with van der Waals surface area (Å²) in [4.78, 5) is 23.1. The van der Waals surface area contributed by atoms with Crippen LogP contribution in [-0.4, -0.2) is 11.9 Å². The fourth-order valence-corrected chi connectivity index (χ4v) is 2.28. The molecule has 3 aromatic rings. The van der Waals surface area contributed by atoms with E-state index < -0.39 is 17.8 Å². The summed E-state index contributed by atoms with van der Waals surface area (Å²) in [6.07, 6.45) is 0. The number of nitrogens with one attached hydrogen (secondary N) is 2. The Labute approximate surface area is 142 Å². The molecule has 0 aliphatic heterocycles. The Morgan fingerprint density at radius 1 is 0.920 bits per heavy atom. The monoisotopic (exact) mass is 339 g/mol. The van der Waals surface area contributed by atoms with Crippen LogP contribution in [0.25, 0.3) is 11.3 Å². The number of amides is 3. The minimum atomic E-state index is -0.705. The van der Waals surface area contributed by atoms with Crippen molar-refractivity contribution >= 4 is 23.3 Å². The summed E-state index contributed by atoms with van der Waals surface area (Å²) >= 11 is 0. The zero-order valence-electron chi connectivity index (χ0n) is 13.0. The van der Waals surface area contributed by atoms with E-state index in [0.717, 1.165) is 0 Å². The summed E-state index contributed by atoms with van der Waals surface area (Å²) < 4.78 is 19.2. The van der Waals surface area contributed by atoms with Crippen LogP contribution in [-0.2, 0) is 0 Å². The van der Waals surface area contributed by atoms with Crippen LogP contribution in [0.15, 0.2) is 65.1 Å². The van der Waals surface area contributed by atoms with Crippen LogP contribution in [0.2, 0.25) is 0 Å². The molecule has 7 heteroatoms. The highest BCUT2D eigenvalue weighted by Gasteiger charge is 2.14. The molecule has 4 N–H and O–H groups in total. The number of urea groups is 1. The molecule has 0 aliphatic carbocycles. The van der Waals surface area contributed by atoms with Crippen molar-refractivity contribution in [2.45, 2.75) is 0 Å². The molecule has 2 aromatic carbocycles. The third-order valence-corrected chi connectivity index (χ3v) is 3.36. The minimum absolute atomic E-state index is 0.0338. The molecule has 0 radical (unpaired) electrons. The van der Waals surface area contributed by atoms with E-state index in [4.69, 9.17) is 10.2 Å². The van der Waals surface area contributed by atoms with Crippen molar-refractivity contribution in [1.29, 1.82) is 0 Å². The molecule has 0 saturated carbocycles. The highest BCUT2D eigenvalue weighted by Crippen LogP contribution is 2.25. The molecule has 3 rings (SSSR count). The Bertz CT molecular complexity index is 937. The molecule has 0 atom stereocenters. The van der Waals surface area contributed by atoms with Gasteiger partial charge in [0.2, 0.25) is 0 Å². The van der Waals surface area contributed by atoms with Crippen molar-refractivity contribution in [3.05, 3.63) is 72.2 Å². The number of nitrogens with two attached hydrogens (primary N) is 1. The van der Waals surface area contributed by atoms with Crippen molar-refractivity contribution < 1.29 is 18.4 Å². The smallest absolute Gasteiger partial charge is 0.316 e. The SMILES string of the molecule is NC(=O)Nc1cccc(NC(=O)c2ccc(-c3ccccc3F)o2)c1. The van der Waals surface area contributed by atoms with Crippen molar-refractivity contribution in [1.82, 2.24) is 0 Å². The third kappa shape index (κ3) is 3.84. The van der Waals surface area contributed by atoms with E-state index in [1.165, 1.54) is 18.2 Å². The van der Waals surface area contributed by atoms with Crippen molar-refractivity contribution in [2.24, 2.45) is 5.73 Å². The molecule has 0 unspecified atom stereocenters. The van der Waals surface area contributed by atoms with Gasteiger partial charge in [-0.15, -0.1) is 0 Å². The van der Waals surface area contributed by atoms with Gasteiger partial charge in [0.25, 0.3) is 5.91 Å². The molecule has 25 heavy (non-hydrogen) atoms. The predicted octanol–water partition coefficient (Wildman–Crippen LogP) is 3.83. The molecule has 0 spiro atoms. The first-order valence-corrected chi connectivity index (χ1v) is 7.35. The van der Waals surface area contributed by atoms with E-state index in [1.807, 2.05) is 0 Å². The van der Waals surface area contributed by atoms with Gasteiger partial charge in [0, 0.05) is 11.4 Å². The van der Waals surface area contributed by atoms with Gasteiger partial charge < -0.3 is 20.8 Å². The predicted molar refractivity (Wildman–Crippen MR) is 91.7 cm³/mol. The Morgan fingerprint density at radius 2 is 1.64 bits per heavy atom. The molecule has 126 valence electrons. The van der Waals surface area contributed by atoms with Crippen LogP contribution < -0.4 is 16.4 Å². The van der Waals surface area contributed by atoms with Crippen molar-refractivity contribution in [3.8, 4) is 11.3 Å². The molecule has 0 saturated heterocycles. The number of furan rings is 1. The van der Waals surface area contributed by atoms with Crippen LogP contribution >= 0.6 is 0 Å². The summed E-state index contributed by atoms with van der Waals surface area (Å²) in [6.45, 7) is 0. The van der Waals surface area contributed by atoms with Gasteiger partial charge in [0.05, 0.1) is 5.56 Å². The molecule has 6 nitrogen and oxygen atoms in total. The van der Waals surface area contributed by atoms with Gasteiger partial charge in [-0.05, 0) is 42.5 Å². The van der Waals surface area contributed by atoms with E-state index in [0.29, 0.717) is 11.4 Å². The largest absolute Gasteiger partial charge is 0.451 e. The second-order valence-electron chi connectivity index (χ2n) is 5.17. The number of anilines is 2. The highest BCUT2D eigenvalue weighted by atomic mass is 19.1. The molecule has 1 heterocycles. The van der Waals surface area contributed by atoms with E-state index in [-0.39, 0.29) is 17.1 Å². The second-order valence-corrected chi connectivity index (χ2v) is 5.17. The number of carbonyl (C=O) groups is 2. The summed E-state index contributed by atoms with van der Waals surface area (Å²) in [6, 6.07) is 14.9. The zero-order chi connectivity index (χ0) is 17.8. The van der Waals surface area contributed by atoms with Crippen LogP contribution in [0.4, 0.5) is 20.6 Å². The molecular weight excluding hydrogens is 325 g/mol. The molecule has 0 fully saturated rings. The number of hydrogen-bond donors (Lipinski definition) is 3. The quantitative estimate of drug-likeness (QED) is 0.674. The lowest BCUT2D eigenvalue weighted by Gasteiger charge is -2.06. The summed E-state index contributed by atoms with van der Waals surface area (Å²) in [7, 11) is 0. The average molecular weight is 339 g/mol. The van der Waals surface area contributed by atoms with Crippen molar-refractivity contribution in [2.75, 3.05) is 10.6 Å². The molecule has 0 aliphatic rings. The van der Waals surface area contributed by atoms with E-state index >= 15 is 0 Å². The maximum atomic E-state index is 13.8. The van der Waals surface area contributed by atoms with E-state index in [2.05, 4.69) is 10.6 Å². The summed E-state index contributed by atoms with van der Waals surface area (Å²) in [5, 5.41) is 5.05. The maximum absolute atomic E-state index is 13.8. The second kappa shape index (κ2) is 6.88. The van der Waals surface area contributed by atoms with Gasteiger partial charge >= 0.3 is 6.03 Å². The van der Waals surface area contributed by atoms with Crippen molar-refractivity contribution in [3.63, 3.8) is 0 Å². The summed E-state index contributed by atoms with van der Waals surface area (Å²) in [5.41, 5.74) is 6.21. The van der Waals surface area contributed by atoms with Crippen LogP contribution in [0.3, 0.4) is 0 Å². The normalized spacial score (nSPS) is 10.3. The number of hydrogen-bond acceptors (Lipinski definition) is 3. The minimum Gasteiger partial charge on any atom is -0.451 e. The summed E-state index contributed by atoms with van der Waals surface area (Å²) in [5.74, 6) is -0.647. The zero-order valence-corrected chi connectivity index (χ0v) is 13.0. The Balaban J connectivity index is 1.76. The Morgan fingerprint density at radius 3 is 2.36 bits per heavy atom. The first-order chi connectivity index (χ1) is 12.0. The van der Waals surface area contributed by atoms with Gasteiger partial charge in [-0.25, -0.2) is 9.18 Å². The third-order valence-electron chi connectivity index (χ3n) is 3.36. The fraction of sp³-hybridized carbons (Fsp3) is 0. The molecular formula is C18H14FN3O3. The van der Waals surface area contributed by atoms with Crippen LogP contribution in [0, 0.1) is 5.82 Å². The van der Waals surface area contributed by atoms with Gasteiger partial charge in [-0.1, -0.05) is 18.2 Å². The highest BCUT2D eigenvalue weighted by molar-refractivity contribution is 6.03. The standard InChI is InChI=1S/C18H14FN3O3/c19-14-7-2-1-6-13(14)15-8-9-16(25-15)17(23)21-11-4-3-5-12(10-11)22-18(20)24/h1-10H,(H,21,23)(H3,20,22,24). The molecule has 1 aromatic heterocycles. The number of rotatable bonds is 4. The number of benzene rings is 2.